The van der Waals surface area contributed by atoms with Crippen LogP contribution in [0, 0.1) is 5.92 Å². The Morgan fingerprint density at radius 3 is 2.65 bits per heavy atom. The maximum atomic E-state index is 13.1. The summed E-state index contributed by atoms with van der Waals surface area (Å²) in [5, 5.41) is 3.10. The number of amides is 1. The first kappa shape index (κ1) is 24.1. The van der Waals surface area contributed by atoms with E-state index in [2.05, 4.69) is 31.0 Å². The van der Waals surface area contributed by atoms with Gasteiger partial charge >= 0.3 is 0 Å². The Morgan fingerprint density at radius 1 is 1.13 bits per heavy atom. The van der Waals surface area contributed by atoms with Crippen LogP contribution in [0.15, 0.2) is 24.3 Å². The van der Waals surface area contributed by atoms with Gasteiger partial charge in [0, 0.05) is 24.9 Å². The molecule has 5 nitrogen and oxygen atoms in total. The normalized spacial score (nSPS) is 27.1. The summed E-state index contributed by atoms with van der Waals surface area (Å²) in [6.07, 6.45) is 9.79. The van der Waals surface area contributed by atoms with Gasteiger partial charge in [-0.3, -0.25) is 4.79 Å². The van der Waals surface area contributed by atoms with Crippen LogP contribution in [0.5, 0.6) is 5.75 Å². The van der Waals surface area contributed by atoms with E-state index in [9.17, 15) is 4.79 Å². The van der Waals surface area contributed by atoms with Crippen molar-refractivity contribution in [3.63, 3.8) is 0 Å². The Morgan fingerprint density at radius 2 is 1.94 bits per heavy atom. The van der Waals surface area contributed by atoms with Gasteiger partial charge < -0.3 is 19.7 Å². The zero-order valence-corrected chi connectivity index (χ0v) is 19.8. The van der Waals surface area contributed by atoms with E-state index in [0.29, 0.717) is 18.6 Å². The lowest BCUT2D eigenvalue weighted by Crippen LogP contribution is -2.48. The minimum Gasteiger partial charge on any atom is -0.494 e. The SMILES string of the molecule is CCCO[C@@]1(C(=O)Nc2ccc(OCCCN3CCCC[C@@H]3C)cc2)CCC[C@@H](C)C1. The molecule has 0 radical (unpaired) electrons. The van der Waals surface area contributed by atoms with Gasteiger partial charge in [0.1, 0.15) is 11.4 Å². The summed E-state index contributed by atoms with van der Waals surface area (Å²) in [7, 11) is 0. The number of nitrogens with one attached hydrogen (secondary N) is 1. The van der Waals surface area contributed by atoms with Crippen LogP contribution in [-0.2, 0) is 9.53 Å². The molecule has 0 aromatic heterocycles. The van der Waals surface area contributed by atoms with E-state index in [-0.39, 0.29) is 5.91 Å². The quantitative estimate of drug-likeness (QED) is 0.488. The molecule has 3 rings (SSSR count). The zero-order chi connectivity index (χ0) is 22.1. The number of carbonyl (C=O) groups excluding carboxylic acids is 1. The van der Waals surface area contributed by atoms with Crippen LogP contribution >= 0.6 is 0 Å². The van der Waals surface area contributed by atoms with Crippen LogP contribution in [-0.4, -0.2) is 48.8 Å². The standard InChI is InChI=1S/C26H42N2O3/c1-4-18-31-26(15-7-9-21(2)20-26)25(29)27-23-11-13-24(14-12-23)30-19-8-17-28-16-6-5-10-22(28)3/h11-14,21-22H,4-10,15-20H2,1-3H3,(H,27,29)/t21-,22+,26+/m1/s1. The molecule has 0 spiro atoms. The second-order valence-corrected chi connectivity index (χ2v) is 9.61. The van der Waals surface area contributed by atoms with Crippen molar-refractivity contribution >= 4 is 11.6 Å². The number of rotatable bonds is 10. The van der Waals surface area contributed by atoms with E-state index < -0.39 is 5.60 Å². The molecule has 1 aliphatic heterocycles. The van der Waals surface area contributed by atoms with Gasteiger partial charge in [0.25, 0.3) is 5.91 Å². The largest absolute Gasteiger partial charge is 0.494 e. The first-order chi connectivity index (χ1) is 15.0. The van der Waals surface area contributed by atoms with Gasteiger partial charge in [0.15, 0.2) is 0 Å². The third kappa shape index (κ3) is 6.95. The fourth-order valence-electron chi connectivity index (χ4n) is 5.03. The summed E-state index contributed by atoms with van der Waals surface area (Å²) in [6.45, 7) is 10.3. The van der Waals surface area contributed by atoms with E-state index in [1.54, 1.807) is 0 Å². The van der Waals surface area contributed by atoms with Crippen molar-refractivity contribution in [2.24, 2.45) is 5.92 Å². The van der Waals surface area contributed by atoms with E-state index in [1.807, 2.05) is 24.3 Å². The summed E-state index contributed by atoms with van der Waals surface area (Å²) in [6, 6.07) is 8.46. The number of carbonyl (C=O) groups is 1. The maximum absolute atomic E-state index is 13.1. The van der Waals surface area contributed by atoms with Crippen LogP contribution < -0.4 is 10.1 Å². The molecule has 0 unspecified atom stereocenters. The Bertz CT molecular complexity index is 678. The third-order valence-corrected chi connectivity index (χ3v) is 6.86. The number of nitrogens with zero attached hydrogens (tertiary/aromatic N) is 1. The first-order valence-corrected chi connectivity index (χ1v) is 12.4. The molecule has 174 valence electrons. The molecule has 1 heterocycles. The van der Waals surface area contributed by atoms with E-state index in [1.165, 1.54) is 32.2 Å². The molecule has 1 saturated carbocycles. The lowest BCUT2D eigenvalue weighted by molar-refractivity contribution is -0.148. The van der Waals surface area contributed by atoms with Crippen molar-refractivity contribution in [2.75, 3.05) is 31.6 Å². The van der Waals surface area contributed by atoms with Crippen LogP contribution in [0.3, 0.4) is 0 Å². The second kappa shape index (κ2) is 11.9. The average molecular weight is 431 g/mol. The Hall–Kier alpha value is -1.59. The van der Waals surface area contributed by atoms with Gasteiger partial charge in [-0.05, 0) is 88.6 Å². The summed E-state index contributed by atoms with van der Waals surface area (Å²) in [5.74, 6) is 1.37. The van der Waals surface area contributed by atoms with Crippen molar-refractivity contribution in [3.05, 3.63) is 24.3 Å². The first-order valence-electron chi connectivity index (χ1n) is 12.4. The summed E-state index contributed by atoms with van der Waals surface area (Å²) in [5.41, 5.74) is 0.117. The van der Waals surface area contributed by atoms with Gasteiger partial charge in [-0.25, -0.2) is 0 Å². The van der Waals surface area contributed by atoms with Crippen LogP contribution in [0.25, 0.3) is 0 Å². The summed E-state index contributed by atoms with van der Waals surface area (Å²) in [4.78, 5) is 15.7. The van der Waals surface area contributed by atoms with Gasteiger partial charge in [-0.15, -0.1) is 0 Å². The predicted octanol–water partition coefficient (Wildman–Crippen LogP) is 5.64. The number of likely N-dealkylation sites (tertiary alicyclic amines) is 1. The van der Waals surface area contributed by atoms with E-state index in [4.69, 9.17) is 9.47 Å². The molecule has 1 aromatic rings. The van der Waals surface area contributed by atoms with Crippen molar-refractivity contribution < 1.29 is 14.3 Å². The van der Waals surface area contributed by atoms with Crippen molar-refractivity contribution in [1.29, 1.82) is 0 Å². The number of benzene rings is 1. The number of ether oxygens (including phenoxy) is 2. The third-order valence-electron chi connectivity index (χ3n) is 6.86. The molecule has 1 amide bonds. The molecule has 5 heteroatoms. The lowest BCUT2D eigenvalue weighted by atomic mass is 9.78. The fraction of sp³-hybridized carbons (Fsp3) is 0.731. The molecular formula is C26H42N2O3. The van der Waals surface area contributed by atoms with Crippen LogP contribution in [0.2, 0.25) is 0 Å². The highest BCUT2D eigenvalue weighted by molar-refractivity contribution is 5.97. The molecule has 1 saturated heterocycles. The number of hydrogen-bond donors (Lipinski definition) is 1. The fourth-order valence-corrected chi connectivity index (χ4v) is 5.03. The van der Waals surface area contributed by atoms with Gasteiger partial charge in [-0.1, -0.05) is 26.7 Å². The number of piperidine rings is 1. The highest BCUT2D eigenvalue weighted by Gasteiger charge is 2.42. The molecule has 1 N–H and O–H groups in total. The van der Waals surface area contributed by atoms with Crippen LogP contribution in [0.4, 0.5) is 5.69 Å². The topological polar surface area (TPSA) is 50.8 Å². The van der Waals surface area contributed by atoms with Crippen molar-refractivity contribution in [3.8, 4) is 5.75 Å². The van der Waals surface area contributed by atoms with Gasteiger partial charge in [-0.2, -0.15) is 0 Å². The molecule has 2 fully saturated rings. The Balaban J connectivity index is 1.47. The maximum Gasteiger partial charge on any atom is 0.256 e. The van der Waals surface area contributed by atoms with E-state index in [0.717, 1.165) is 56.7 Å². The van der Waals surface area contributed by atoms with Gasteiger partial charge in [0.05, 0.1) is 6.61 Å². The molecule has 1 aliphatic carbocycles. The Labute approximate surface area is 188 Å². The van der Waals surface area contributed by atoms with Crippen LogP contribution in [0.1, 0.15) is 78.6 Å². The van der Waals surface area contributed by atoms with Crippen molar-refractivity contribution in [2.45, 2.75) is 90.2 Å². The summed E-state index contributed by atoms with van der Waals surface area (Å²) >= 11 is 0. The molecule has 3 atom stereocenters. The minimum atomic E-state index is -0.686. The smallest absolute Gasteiger partial charge is 0.256 e. The number of hydrogen-bond acceptors (Lipinski definition) is 4. The number of anilines is 1. The summed E-state index contributed by atoms with van der Waals surface area (Å²) < 4.78 is 12.1. The van der Waals surface area contributed by atoms with Crippen molar-refractivity contribution in [1.82, 2.24) is 4.90 Å². The van der Waals surface area contributed by atoms with Gasteiger partial charge in [0.2, 0.25) is 0 Å². The molecule has 31 heavy (non-hydrogen) atoms. The molecule has 0 bridgehead atoms. The Kier molecular flexibility index (Phi) is 9.21. The zero-order valence-electron chi connectivity index (χ0n) is 19.8. The minimum absolute atomic E-state index is 0.00294. The highest BCUT2D eigenvalue weighted by atomic mass is 16.5. The molecular weight excluding hydrogens is 388 g/mol. The predicted molar refractivity (Wildman–Crippen MR) is 127 cm³/mol. The monoisotopic (exact) mass is 430 g/mol. The molecule has 2 aliphatic rings. The lowest BCUT2D eigenvalue weighted by Gasteiger charge is -2.38. The highest BCUT2D eigenvalue weighted by Crippen LogP contribution is 2.36. The van der Waals surface area contributed by atoms with E-state index >= 15 is 0 Å². The second-order valence-electron chi connectivity index (χ2n) is 9.61. The average Bonchev–Trinajstić information content (AvgIpc) is 2.77. The molecule has 1 aromatic carbocycles.